The third kappa shape index (κ3) is 2.72. The van der Waals surface area contributed by atoms with Gasteiger partial charge in [-0.3, -0.25) is 4.79 Å². The van der Waals surface area contributed by atoms with E-state index in [4.69, 9.17) is 5.73 Å². The van der Waals surface area contributed by atoms with Crippen molar-refractivity contribution in [2.45, 2.75) is 32.6 Å². The summed E-state index contributed by atoms with van der Waals surface area (Å²) in [5.41, 5.74) is 6.37. The topological polar surface area (TPSA) is 55.1 Å². The normalized spacial score (nSPS) is 27.8. The molecule has 1 aliphatic carbocycles. The molecule has 1 aromatic rings. The van der Waals surface area contributed by atoms with Gasteiger partial charge in [0.25, 0.3) is 0 Å². The molecule has 3 heteroatoms. The highest BCUT2D eigenvalue weighted by atomic mass is 16.2. The molecule has 1 saturated carbocycles. The van der Waals surface area contributed by atoms with Crippen LogP contribution in [0.4, 0.5) is 5.69 Å². The summed E-state index contributed by atoms with van der Waals surface area (Å²) in [6, 6.07) is 9.61. The third-order valence-electron chi connectivity index (χ3n) is 4.14. The van der Waals surface area contributed by atoms with Crippen LogP contribution in [0, 0.1) is 11.3 Å². The highest BCUT2D eigenvalue weighted by Crippen LogP contribution is 2.38. The number of hydrogen-bond donors (Lipinski definition) is 2. The zero-order valence-corrected chi connectivity index (χ0v) is 11.0. The zero-order chi connectivity index (χ0) is 13.0. The molecular weight excluding hydrogens is 224 g/mol. The molecule has 0 aromatic heterocycles. The van der Waals surface area contributed by atoms with E-state index in [1.807, 2.05) is 30.3 Å². The Morgan fingerprint density at radius 2 is 1.94 bits per heavy atom. The van der Waals surface area contributed by atoms with Crippen LogP contribution in [-0.2, 0) is 4.79 Å². The number of carbonyl (C=O) groups is 1. The smallest absolute Gasteiger partial charge is 0.231 e. The summed E-state index contributed by atoms with van der Waals surface area (Å²) in [6.07, 6.45) is 4.01. The number of hydrogen-bond acceptors (Lipinski definition) is 2. The maximum Gasteiger partial charge on any atom is 0.231 e. The minimum atomic E-state index is -0.359. The summed E-state index contributed by atoms with van der Waals surface area (Å²) in [6.45, 7) is 2.69. The van der Waals surface area contributed by atoms with Gasteiger partial charge >= 0.3 is 0 Å². The molecule has 1 aliphatic rings. The minimum Gasteiger partial charge on any atom is -0.329 e. The minimum absolute atomic E-state index is 0.0862. The van der Waals surface area contributed by atoms with E-state index in [2.05, 4.69) is 12.2 Å². The summed E-state index contributed by atoms with van der Waals surface area (Å²) < 4.78 is 0. The Kier molecular flexibility index (Phi) is 4.02. The second-order valence-electron chi connectivity index (χ2n) is 5.49. The van der Waals surface area contributed by atoms with Crippen molar-refractivity contribution in [3.63, 3.8) is 0 Å². The van der Waals surface area contributed by atoms with Gasteiger partial charge in [-0.05, 0) is 43.7 Å². The predicted molar refractivity (Wildman–Crippen MR) is 74.2 cm³/mol. The summed E-state index contributed by atoms with van der Waals surface area (Å²) in [4.78, 5) is 12.4. The summed E-state index contributed by atoms with van der Waals surface area (Å²) >= 11 is 0. The van der Waals surface area contributed by atoms with Gasteiger partial charge in [-0.1, -0.05) is 25.1 Å². The maximum atomic E-state index is 12.4. The highest BCUT2D eigenvalue weighted by Gasteiger charge is 2.39. The van der Waals surface area contributed by atoms with E-state index in [1.165, 1.54) is 0 Å². The lowest BCUT2D eigenvalue weighted by Crippen LogP contribution is -2.44. The average Bonchev–Trinajstić information content (AvgIpc) is 2.41. The molecule has 0 unspecified atom stereocenters. The van der Waals surface area contributed by atoms with Gasteiger partial charge in [0.15, 0.2) is 0 Å². The fraction of sp³-hybridized carbons (Fsp3) is 0.533. The van der Waals surface area contributed by atoms with E-state index in [-0.39, 0.29) is 11.3 Å². The van der Waals surface area contributed by atoms with Crippen LogP contribution in [-0.4, -0.2) is 12.5 Å². The van der Waals surface area contributed by atoms with Crippen molar-refractivity contribution in [2.75, 3.05) is 11.9 Å². The summed E-state index contributed by atoms with van der Waals surface area (Å²) in [5.74, 6) is 0.803. The van der Waals surface area contributed by atoms with Crippen molar-refractivity contribution in [3.8, 4) is 0 Å². The molecule has 0 atom stereocenters. The number of anilines is 1. The van der Waals surface area contributed by atoms with Crippen molar-refractivity contribution in [3.05, 3.63) is 30.3 Å². The molecule has 3 nitrogen and oxygen atoms in total. The first kappa shape index (κ1) is 13.1. The Bertz CT molecular complexity index is 394. The third-order valence-corrected chi connectivity index (χ3v) is 4.14. The SMILES string of the molecule is CC1CCC(CN)(C(=O)Nc2ccccc2)CC1. The van der Waals surface area contributed by atoms with Crippen LogP contribution in [0.2, 0.25) is 0 Å². The van der Waals surface area contributed by atoms with Crippen LogP contribution in [0.15, 0.2) is 30.3 Å². The molecule has 0 bridgehead atoms. The molecular formula is C15H22N2O. The fourth-order valence-electron chi connectivity index (χ4n) is 2.62. The molecule has 98 valence electrons. The van der Waals surface area contributed by atoms with Crippen LogP contribution >= 0.6 is 0 Å². The molecule has 0 aliphatic heterocycles. The standard InChI is InChI=1S/C15H22N2O/c1-12-7-9-15(11-16,10-8-12)14(18)17-13-5-3-2-4-6-13/h2-6,12H,7-11,16H2,1H3,(H,17,18). The maximum absolute atomic E-state index is 12.4. The molecule has 0 heterocycles. The fourth-order valence-corrected chi connectivity index (χ4v) is 2.62. The van der Waals surface area contributed by atoms with Crippen LogP contribution < -0.4 is 11.1 Å². The van der Waals surface area contributed by atoms with Gasteiger partial charge in [0, 0.05) is 12.2 Å². The largest absolute Gasteiger partial charge is 0.329 e. The number of amides is 1. The average molecular weight is 246 g/mol. The number of nitrogens with two attached hydrogens (primary N) is 1. The van der Waals surface area contributed by atoms with E-state index in [9.17, 15) is 4.79 Å². The predicted octanol–water partition coefficient (Wildman–Crippen LogP) is 2.78. The van der Waals surface area contributed by atoms with Crippen molar-refractivity contribution in [2.24, 2.45) is 17.1 Å². The number of rotatable bonds is 3. The second-order valence-corrected chi connectivity index (χ2v) is 5.49. The van der Waals surface area contributed by atoms with E-state index in [0.29, 0.717) is 12.5 Å². The van der Waals surface area contributed by atoms with Gasteiger partial charge in [0.2, 0.25) is 5.91 Å². The molecule has 0 radical (unpaired) electrons. The van der Waals surface area contributed by atoms with Gasteiger partial charge in [-0.2, -0.15) is 0 Å². The van der Waals surface area contributed by atoms with Gasteiger partial charge in [-0.25, -0.2) is 0 Å². The number of carbonyl (C=O) groups excluding carboxylic acids is 1. The monoisotopic (exact) mass is 246 g/mol. The first-order chi connectivity index (χ1) is 8.66. The lowest BCUT2D eigenvalue weighted by Gasteiger charge is -2.37. The Morgan fingerprint density at radius 3 is 2.50 bits per heavy atom. The molecule has 0 saturated heterocycles. The molecule has 0 spiro atoms. The molecule has 1 amide bonds. The van der Waals surface area contributed by atoms with Gasteiger partial charge in [0.05, 0.1) is 5.41 Å². The lowest BCUT2D eigenvalue weighted by atomic mass is 9.70. The first-order valence-electron chi connectivity index (χ1n) is 6.73. The second kappa shape index (κ2) is 5.53. The molecule has 1 aromatic carbocycles. The Balaban J connectivity index is 2.06. The molecule has 18 heavy (non-hydrogen) atoms. The molecule has 3 N–H and O–H groups in total. The van der Waals surface area contributed by atoms with Crippen molar-refractivity contribution in [1.82, 2.24) is 0 Å². The van der Waals surface area contributed by atoms with Gasteiger partial charge < -0.3 is 11.1 Å². The van der Waals surface area contributed by atoms with Gasteiger partial charge in [0.1, 0.15) is 0 Å². The first-order valence-corrected chi connectivity index (χ1v) is 6.73. The number of nitrogens with one attached hydrogen (secondary N) is 1. The van der Waals surface area contributed by atoms with Gasteiger partial charge in [-0.15, -0.1) is 0 Å². The summed E-state index contributed by atoms with van der Waals surface area (Å²) in [5, 5.41) is 3.00. The van der Waals surface area contributed by atoms with Crippen molar-refractivity contribution >= 4 is 11.6 Å². The lowest BCUT2D eigenvalue weighted by molar-refractivity contribution is -0.127. The highest BCUT2D eigenvalue weighted by molar-refractivity contribution is 5.95. The van der Waals surface area contributed by atoms with E-state index in [0.717, 1.165) is 31.4 Å². The van der Waals surface area contributed by atoms with E-state index < -0.39 is 0 Å². The zero-order valence-electron chi connectivity index (χ0n) is 11.0. The van der Waals surface area contributed by atoms with Crippen LogP contribution in [0.5, 0.6) is 0 Å². The number of para-hydroxylation sites is 1. The van der Waals surface area contributed by atoms with Crippen LogP contribution in [0.25, 0.3) is 0 Å². The Hall–Kier alpha value is -1.35. The summed E-state index contributed by atoms with van der Waals surface area (Å²) in [7, 11) is 0. The molecule has 2 rings (SSSR count). The Morgan fingerprint density at radius 1 is 1.33 bits per heavy atom. The number of benzene rings is 1. The van der Waals surface area contributed by atoms with Crippen LogP contribution in [0.1, 0.15) is 32.6 Å². The quantitative estimate of drug-likeness (QED) is 0.861. The van der Waals surface area contributed by atoms with Crippen molar-refractivity contribution in [1.29, 1.82) is 0 Å². The van der Waals surface area contributed by atoms with E-state index in [1.54, 1.807) is 0 Å². The van der Waals surface area contributed by atoms with E-state index >= 15 is 0 Å². The Labute approximate surface area is 109 Å². The van der Waals surface area contributed by atoms with Crippen LogP contribution in [0.3, 0.4) is 0 Å². The van der Waals surface area contributed by atoms with Crippen molar-refractivity contribution < 1.29 is 4.79 Å². The molecule has 1 fully saturated rings.